The predicted octanol–water partition coefficient (Wildman–Crippen LogP) is 1.69. The highest BCUT2D eigenvalue weighted by atomic mass is 16.1. The first-order valence-electron chi connectivity index (χ1n) is 3.69. The first-order valence-corrected chi connectivity index (χ1v) is 3.69. The minimum atomic E-state index is 0.310. The first-order chi connectivity index (χ1) is 4.72. The molecule has 0 aliphatic heterocycles. The van der Waals surface area contributed by atoms with Gasteiger partial charge in [-0.1, -0.05) is 20.8 Å². The molecule has 0 aliphatic rings. The molecule has 2 nitrogen and oxygen atoms in total. The van der Waals surface area contributed by atoms with E-state index in [1.807, 2.05) is 0 Å². The van der Waals surface area contributed by atoms with Crippen molar-refractivity contribution in [3.8, 4) is 0 Å². The van der Waals surface area contributed by atoms with Gasteiger partial charge < -0.3 is 0 Å². The molecule has 10 heavy (non-hydrogen) atoms. The zero-order valence-corrected chi connectivity index (χ0v) is 6.87. The van der Waals surface area contributed by atoms with E-state index in [-0.39, 0.29) is 0 Å². The van der Waals surface area contributed by atoms with E-state index in [0.29, 0.717) is 12.0 Å². The highest BCUT2D eigenvalue weighted by Crippen LogP contribution is 2.08. The number of carbonyl (C=O) groups excluding carboxylic acids is 1. The normalized spacial score (nSPS) is 14.4. The Hall–Kier alpha value is -0.660. The van der Waals surface area contributed by atoms with Crippen molar-refractivity contribution in [2.75, 3.05) is 0 Å². The maximum atomic E-state index is 9.90. The number of hydrogen-bond donors (Lipinski definition) is 0. The number of nitrogens with zero attached hydrogens (tertiary/aromatic N) is 1. The number of rotatable bonds is 4. The lowest BCUT2D eigenvalue weighted by atomic mass is 10.0. The molecular weight excluding hydrogens is 126 g/mol. The van der Waals surface area contributed by atoms with Crippen LogP contribution >= 0.6 is 0 Å². The summed E-state index contributed by atoms with van der Waals surface area (Å²) in [6.45, 7) is 6.29. The van der Waals surface area contributed by atoms with Crippen molar-refractivity contribution in [3.63, 3.8) is 0 Å². The third-order valence-corrected chi connectivity index (χ3v) is 1.53. The smallest absolute Gasteiger partial charge is 0.160 e. The van der Waals surface area contributed by atoms with Crippen LogP contribution in [-0.2, 0) is 4.79 Å². The van der Waals surface area contributed by atoms with Crippen molar-refractivity contribution in [1.82, 2.24) is 0 Å². The SMILES string of the molecule is CCC(N=CC=O)C(C)C. The van der Waals surface area contributed by atoms with Crippen LogP contribution < -0.4 is 0 Å². The molecule has 1 atom stereocenters. The Balaban J connectivity index is 3.82. The van der Waals surface area contributed by atoms with Crippen molar-refractivity contribution in [2.24, 2.45) is 10.9 Å². The van der Waals surface area contributed by atoms with Crippen LogP contribution in [0.2, 0.25) is 0 Å². The average Bonchev–Trinajstić information content (AvgIpc) is 1.89. The molecule has 0 heterocycles. The Labute approximate surface area is 62.4 Å². The number of hydrogen-bond acceptors (Lipinski definition) is 2. The van der Waals surface area contributed by atoms with Gasteiger partial charge in [-0.05, 0) is 12.3 Å². The highest BCUT2D eigenvalue weighted by Gasteiger charge is 2.06. The summed E-state index contributed by atoms with van der Waals surface area (Å²) < 4.78 is 0. The average molecular weight is 141 g/mol. The zero-order chi connectivity index (χ0) is 7.98. The molecule has 58 valence electrons. The van der Waals surface area contributed by atoms with Gasteiger partial charge in [-0.2, -0.15) is 0 Å². The van der Waals surface area contributed by atoms with Crippen molar-refractivity contribution >= 4 is 12.5 Å². The van der Waals surface area contributed by atoms with E-state index in [4.69, 9.17) is 0 Å². The number of carbonyl (C=O) groups is 1. The zero-order valence-electron chi connectivity index (χ0n) is 6.87. The Morgan fingerprint density at radius 1 is 1.50 bits per heavy atom. The lowest BCUT2D eigenvalue weighted by Gasteiger charge is -2.12. The third-order valence-electron chi connectivity index (χ3n) is 1.53. The van der Waals surface area contributed by atoms with E-state index in [0.717, 1.165) is 12.7 Å². The molecule has 0 amide bonds. The monoisotopic (exact) mass is 141 g/mol. The molecule has 2 heteroatoms. The van der Waals surface area contributed by atoms with Gasteiger partial charge in [0.15, 0.2) is 6.29 Å². The maximum Gasteiger partial charge on any atom is 0.160 e. The summed E-state index contributed by atoms with van der Waals surface area (Å²) in [5.41, 5.74) is 0. The van der Waals surface area contributed by atoms with Crippen molar-refractivity contribution in [3.05, 3.63) is 0 Å². The van der Waals surface area contributed by atoms with Crippen LogP contribution in [0.25, 0.3) is 0 Å². The summed E-state index contributed by atoms with van der Waals surface area (Å²) >= 11 is 0. The van der Waals surface area contributed by atoms with Gasteiger partial charge in [0.25, 0.3) is 0 Å². The van der Waals surface area contributed by atoms with E-state index in [2.05, 4.69) is 25.8 Å². The van der Waals surface area contributed by atoms with Crippen molar-refractivity contribution in [1.29, 1.82) is 0 Å². The summed E-state index contributed by atoms with van der Waals surface area (Å²) in [4.78, 5) is 14.0. The van der Waals surface area contributed by atoms with E-state index in [1.54, 1.807) is 0 Å². The molecule has 0 radical (unpaired) electrons. The molecule has 0 N–H and O–H groups in total. The van der Waals surface area contributed by atoms with E-state index in [1.165, 1.54) is 6.21 Å². The van der Waals surface area contributed by atoms with E-state index < -0.39 is 0 Å². The van der Waals surface area contributed by atoms with Crippen LogP contribution in [0.5, 0.6) is 0 Å². The number of aliphatic imine (C=N–C) groups is 1. The molecule has 0 rings (SSSR count). The second-order valence-electron chi connectivity index (χ2n) is 2.65. The third kappa shape index (κ3) is 3.38. The molecule has 0 saturated carbocycles. The predicted molar refractivity (Wildman–Crippen MR) is 43.5 cm³/mol. The largest absolute Gasteiger partial charge is 0.297 e. The molecule has 0 aromatic rings. The van der Waals surface area contributed by atoms with Crippen LogP contribution in [0, 0.1) is 5.92 Å². The lowest BCUT2D eigenvalue weighted by molar-refractivity contribution is -0.102. The van der Waals surface area contributed by atoms with Gasteiger partial charge in [0.1, 0.15) is 0 Å². The van der Waals surface area contributed by atoms with Crippen LogP contribution in [0.4, 0.5) is 0 Å². The molecule has 0 bridgehead atoms. The fourth-order valence-electron chi connectivity index (χ4n) is 0.895. The highest BCUT2D eigenvalue weighted by molar-refractivity contribution is 6.12. The van der Waals surface area contributed by atoms with Crippen LogP contribution in [0.1, 0.15) is 27.2 Å². The molecule has 0 aromatic carbocycles. The van der Waals surface area contributed by atoms with Crippen LogP contribution in [-0.4, -0.2) is 18.5 Å². The molecule has 1 unspecified atom stereocenters. The van der Waals surface area contributed by atoms with Gasteiger partial charge in [0, 0.05) is 0 Å². The summed E-state index contributed by atoms with van der Waals surface area (Å²) in [5, 5.41) is 0. The Kier molecular flexibility index (Phi) is 4.81. The second-order valence-corrected chi connectivity index (χ2v) is 2.65. The van der Waals surface area contributed by atoms with Gasteiger partial charge in [-0.25, -0.2) is 0 Å². The standard InChI is InChI=1S/C8H15NO/c1-4-8(7(2)3)9-5-6-10/h5-8H,4H2,1-3H3. The Bertz CT molecular complexity index is 118. The van der Waals surface area contributed by atoms with Gasteiger partial charge >= 0.3 is 0 Å². The quantitative estimate of drug-likeness (QED) is 0.432. The van der Waals surface area contributed by atoms with Crippen molar-refractivity contribution < 1.29 is 4.79 Å². The van der Waals surface area contributed by atoms with Gasteiger partial charge in [0.05, 0.1) is 12.3 Å². The molecule has 0 aromatic heterocycles. The maximum absolute atomic E-state index is 9.90. The molecule has 0 saturated heterocycles. The van der Waals surface area contributed by atoms with Gasteiger partial charge in [0.2, 0.25) is 0 Å². The fraction of sp³-hybridized carbons (Fsp3) is 0.750. The first kappa shape index (κ1) is 9.34. The molecular formula is C8H15NO. The minimum Gasteiger partial charge on any atom is -0.297 e. The van der Waals surface area contributed by atoms with E-state index in [9.17, 15) is 4.79 Å². The molecule has 0 fully saturated rings. The van der Waals surface area contributed by atoms with E-state index >= 15 is 0 Å². The number of aldehydes is 1. The summed E-state index contributed by atoms with van der Waals surface area (Å²) in [5.74, 6) is 0.529. The van der Waals surface area contributed by atoms with Gasteiger partial charge in [-0.15, -0.1) is 0 Å². The van der Waals surface area contributed by atoms with Gasteiger partial charge in [-0.3, -0.25) is 9.79 Å². The minimum absolute atomic E-state index is 0.310. The fourth-order valence-corrected chi connectivity index (χ4v) is 0.895. The summed E-state index contributed by atoms with van der Waals surface area (Å²) in [6.07, 6.45) is 3.07. The second kappa shape index (κ2) is 5.15. The Morgan fingerprint density at radius 2 is 2.10 bits per heavy atom. The summed E-state index contributed by atoms with van der Waals surface area (Å²) in [6, 6.07) is 0.310. The van der Waals surface area contributed by atoms with Crippen LogP contribution in [0.3, 0.4) is 0 Å². The van der Waals surface area contributed by atoms with Crippen LogP contribution in [0.15, 0.2) is 4.99 Å². The lowest BCUT2D eigenvalue weighted by Crippen LogP contribution is -2.11. The topological polar surface area (TPSA) is 29.4 Å². The van der Waals surface area contributed by atoms with Crippen molar-refractivity contribution in [2.45, 2.75) is 33.2 Å². The summed E-state index contributed by atoms with van der Waals surface area (Å²) in [7, 11) is 0. The molecule has 0 aliphatic carbocycles. The Morgan fingerprint density at radius 3 is 2.40 bits per heavy atom. The molecule has 0 spiro atoms.